The summed E-state index contributed by atoms with van der Waals surface area (Å²) in [5, 5.41) is 10.6. The molecule has 0 spiro atoms. The van der Waals surface area contributed by atoms with Crippen LogP contribution in [0, 0.1) is 5.82 Å². The number of nitrogens with one attached hydrogen (secondary N) is 1. The number of hydrogen-bond acceptors (Lipinski definition) is 5. The molecule has 1 aliphatic heterocycles. The van der Waals surface area contributed by atoms with E-state index in [1.165, 1.54) is 6.20 Å². The number of carboxylic acids is 1. The lowest BCUT2D eigenvalue weighted by Gasteiger charge is -2.27. The Hall–Kier alpha value is -4.66. The van der Waals surface area contributed by atoms with Crippen LogP contribution in [0.25, 0.3) is 27.5 Å². The molecule has 0 bridgehead atoms. The lowest BCUT2D eigenvalue weighted by atomic mass is 10.1. The number of anilines is 1. The van der Waals surface area contributed by atoms with Crippen molar-refractivity contribution >= 4 is 33.5 Å². The molecule has 186 valence electrons. The van der Waals surface area contributed by atoms with Gasteiger partial charge in [0, 0.05) is 53.2 Å². The molecule has 2 aromatic carbocycles. The third-order valence-corrected chi connectivity index (χ3v) is 6.87. The zero-order valence-corrected chi connectivity index (χ0v) is 19.7. The Morgan fingerprint density at radius 3 is 2.89 bits per heavy atom. The van der Waals surface area contributed by atoms with Gasteiger partial charge in [0.25, 0.3) is 0 Å². The maximum absolute atomic E-state index is 15.5. The van der Waals surface area contributed by atoms with E-state index >= 15 is 4.39 Å². The van der Waals surface area contributed by atoms with E-state index in [1.54, 1.807) is 22.9 Å². The molecule has 6 rings (SSSR count). The van der Waals surface area contributed by atoms with E-state index in [0.717, 1.165) is 29.8 Å². The van der Waals surface area contributed by atoms with Crippen molar-refractivity contribution < 1.29 is 19.0 Å². The minimum atomic E-state index is -1.36. The highest BCUT2D eigenvalue weighted by Gasteiger charge is 2.29. The Bertz CT molecular complexity index is 1700. The van der Waals surface area contributed by atoms with Crippen LogP contribution in [0.4, 0.5) is 10.1 Å². The number of fused-ring (bicyclic) bond motifs is 2. The summed E-state index contributed by atoms with van der Waals surface area (Å²) >= 11 is 0. The van der Waals surface area contributed by atoms with Crippen molar-refractivity contribution in [1.82, 2.24) is 14.5 Å². The molecular formula is C28H23FN4O4. The van der Waals surface area contributed by atoms with Crippen molar-refractivity contribution in [2.75, 3.05) is 18.1 Å². The molecule has 1 atom stereocenters. The van der Waals surface area contributed by atoms with E-state index in [-0.39, 0.29) is 11.4 Å². The van der Waals surface area contributed by atoms with E-state index in [2.05, 4.69) is 9.97 Å². The molecular weight excluding hydrogens is 475 g/mol. The summed E-state index contributed by atoms with van der Waals surface area (Å²) < 4.78 is 23.0. The SMILES string of the molecule is O=C(O)c1cn(-c2ccc3[nH]ccc3c2)c2cc(N3CCC[C@@H]3COc3ccccn3)c(F)cc2c1=O. The molecule has 0 aliphatic carbocycles. The third-order valence-electron chi connectivity index (χ3n) is 6.87. The Kier molecular flexibility index (Phi) is 5.60. The van der Waals surface area contributed by atoms with Crippen molar-refractivity contribution in [2.24, 2.45) is 0 Å². The van der Waals surface area contributed by atoms with Gasteiger partial charge in [0.1, 0.15) is 18.0 Å². The average Bonchev–Trinajstić information content (AvgIpc) is 3.57. The van der Waals surface area contributed by atoms with Gasteiger partial charge in [-0.15, -0.1) is 0 Å². The van der Waals surface area contributed by atoms with Crippen molar-refractivity contribution in [3.63, 3.8) is 0 Å². The quantitative estimate of drug-likeness (QED) is 0.350. The van der Waals surface area contributed by atoms with Crippen LogP contribution in [-0.2, 0) is 0 Å². The Morgan fingerprint density at radius 1 is 1.19 bits per heavy atom. The molecule has 37 heavy (non-hydrogen) atoms. The molecule has 0 saturated carbocycles. The van der Waals surface area contributed by atoms with E-state index < -0.39 is 22.8 Å². The fourth-order valence-corrected chi connectivity index (χ4v) is 5.05. The largest absolute Gasteiger partial charge is 0.477 e. The number of aromatic amines is 1. The van der Waals surface area contributed by atoms with Crippen molar-refractivity contribution in [1.29, 1.82) is 0 Å². The Labute approximate surface area is 210 Å². The molecule has 1 aliphatic rings. The lowest BCUT2D eigenvalue weighted by molar-refractivity contribution is 0.0695. The maximum atomic E-state index is 15.5. The van der Waals surface area contributed by atoms with Crippen molar-refractivity contribution in [2.45, 2.75) is 18.9 Å². The van der Waals surface area contributed by atoms with Crippen molar-refractivity contribution in [3.05, 3.63) is 94.8 Å². The van der Waals surface area contributed by atoms with Crippen LogP contribution < -0.4 is 15.1 Å². The van der Waals surface area contributed by atoms with Gasteiger partial charge in [-0.2, -0.15) is 0 Å². The highest BCUT2D eigenvalue weighted by molar-refractivity contribution is 5.94. The summed E-state index contributed by atoms with van der Waals surface area (Å²) in [5.41, 5.74) is 1.22. The summed E-state index contributed by atoms with van der Waals surface area (Å²) in [6, 6.07) is 15.6. The van der Waals surface area contributed by atoms with Crippen LogP contribution in [0.5, 0.6) is 5.88 Å². The van der Waals surface area contributed by atoms with Gasteiger partial charge in [-0.3, -0.25) is 4.79 Å². The number of hydrogen-bond donors (Lipinski definition) is 2. The molecule has 1 fully saturated rings. The number of benzene rings is 2. The van der Waals surface area contributed by atoms with Crippen LogP contribution in [-0.4, -0.2) is 44.8 Å². The number of aromatic carboxylic acids is 1. The second kappa shape index (κ2) is 9.09. The predicted molar refractivity (Wildman–Crippen MR) is 138 cm³/mol. The highest BCUT2D eigenvalue weighted by Crippen LogP contribution is 2.32. The van der Waals surface area contributed by atoms with Crippen LogP contribution in [0.2, 0.25) is 0 Å². The van der Waals surface area contributed by atoms with Gasteiger partial charge in [0.05, 0.1) is 17.2 Å². The molecule has 2 N–H and O–H groups in total. The topological polar surface area (TPSA) is 100 Å². The summed E-state index contributed by atoms with van der Waals surface area (Å²) in [5.74, 6) is -1.44. The first-order valence-corrected chi connectivity index (χ1v) is 12.0. The zero-order valence-electron chi connectivity index (χ0n) is 19.7. The molecule has 0 radical (unpaired) electrons. The number of pyridine rings is 2. The number of carbonyl (C=O) groups is 1. The first-order valence-electron chi connectivity index (χ1n) is 12.0. The first kappa shape index (κ1) is 22.8. The van der Waals surface area contributed by atoms with E-state index in [4.69, 9.17) is 4.74 Å². The van der Waals surface area contributed by atoms with Crippen molar-refractivity contribution in [3.8, 4) is 11.6 Å². The molecule has 0 unspecified atom stereocenters. The number of nitrogens with zero attached hydrogens (tertiary/aromatic N) is 3. The van der Waals surface area contributed by atoms with Gasteiger partial charge in [-0.05, 0) is 55.3 Å². The van der Waals surface area contributed by atoms with Gasteiger partial charge in [-0.25, -0.2) is 14.2 Å². The van der Waals surface area contributed by atoms with Crippen LogP contribution >= 0.6 is 0 Å². The van der Waals surface area contributed by atoms with Gasteiger partial charge < -0.3 is 24.3 Å². The highest BCUT2D eigenvalue weighted by atomic mass is 19.1. The van der Waals surface area contributed by atoms with Crippen LogP contribution in [0.15, 0.2) is 78.0 Å². The van der Waals surface area contributed by atoms with E-state index in [9.17, 15) is 14.7 Å². The monoisotopic (exact) mass is 498 g/mol. The van der Waals surface area contributed by atoms with Gasteiger partial charge in [0.2, 0.25) is 11.3 Å². The number of halogens is 1. The Balaban J connectivity index is 1.47. The second-order valence-corrected chi connectivity index (χ2v) is 9.09. The summed E-state index contributed by atoms with van der Waals surface area (Å²) in [6.07, 6.45) is 6.46. The van der Waals surface area contributed by atoms with Crippen LogP contribution in [0.1, 0.15) is 23.2 Å². The molecule has 1 saturated heterocycles. The predicted octanol–water partition coefficient (Wildman–Crippen LogP) is 4.75. The molecule has 8 nitrogen and oxygen atoms in total. The molecule has 9 heteroatoms. The minimum absolute atomic E-state index is 0.01000. The van der Waals surface area contributed by atoms with Gasteiger partial charge >= 0.3 is 5.97 Å². The number of rotatable bonds is 6. The zero-order chi connectivity index (χ0) is 25.5. The molecule has 3 aromatic heterocycles. The smallest absolute Gasteiger partial charge is 0.341 e. The fourth-order valence-electron chi connectivity index (χ4n) is 5.05. The van der Waals surface area contributed by atoms with Gasteiger partial charge in [0.15, 0.2) is 0 Å². The lowest BCUT2D eigenvalue weighted by Crippen LogP contribution is -2.35. The summed E-state index contributed by atoms with van der Waals surface area (Å²) in [6.45, 7) is 0.967. The number of H-pyrrole nitrogens is 1. The van der Waals surface area contributed by atoms with Crippen LogP contribution in [0.3, 0.4) is 0 Å². The summed E-state index contributed by atoms with van der Waals surface area (Å²) in [4.78, 5) is 34.2. The summed E-state index contributed by atoms with van der Waals surface area (Å²) in [7, 11) is 0. The average molecular weight is 499 g/mol. The number of ether oxygens (including phenoxy) is 1. The first-order chi connectivity index (χ1) is 18.0. The fraction of sp³-hybridized carbons (Fsp3) is 0.179. The number of carboxylic acid groups (broad SMARTS) is 1. The second-order valence-electron chi connectivity index (χ2n) is 9.09. The van der Waals surface area contributed by atoms with Gasteiger partial charge in [-0.1, -0.05) is 6.07 Å². The van der Waals surface area contributed by atoms with E-state index in [1.807, 2.05) is 47.5 Å². The molecule has 4 heterocycles. The van der Waals surface area contributed by atoms with E-state index in [0.29, 0.717) is 35.9 Å². The molecule has 0 amide bonds. The number of aromatic nitrogens is 3. The third kappa shape index (κ3) is 4.08. The maximum Gasteiger partial charge on any atom is 0.341 e. The minimum Gasteiger partial charge on any atom is -0.477 e. The Morgan fingerprint density at radius 2 is 2.08 bits per heavy atom. The normalized spacial score (nSPS) is 15.5. The standard InChI is InChI=1S/C28H23FN4O4/c29-22-13-20-24(14-25(22)32-11-3-4-19(32)16-37-26-5-1-2-9-31-26)33(15-21(27(20)34)28(35)36)18-6-7-23-17(12-18)8-10-30-23/h1-2,5-10,12-15,19,30H,3-4,11,16H2,(H,35,36)/t19-/m1/s1. The molecule has 5 aromatic rings.